The van der Waals surface area contributed by atoms with Gasteiger partial charge in [-0.25, -0.2) is 0 Å². The lowest BCUT2D eigenvalue weighted by Gasteiger charge is -2.07. The number of hydrogen-bond donors (Lipinski definition) is 1. The largest absolute Gasteiger partial charge is 0.436 e. The Morgan fingerprint density at radius 1 is 1.20 bits per heavy atom. The molecule has 7 heteroatoms. The lowest BCUT2D eigenvalue weighted by Crippen LogP contribution is -2.13. The van der Waals surface area contributed by atoms with Gasteiger partial charge in [0, 0.05) is 11.3 Å². The molecule has 3 rings (SSSR count). The van der Waals surface area contributed by atoms with E-state index in [1.165, 1.54) is 18.5 Å². The summed E-state index contributed by atoms with van der Waals surface area (Å²) in [6, 6.07) is 12.0. The second-order valence-corrected chi connectivity index (χ2v) is 5.13. The molecule has 0 spiro atoms. The summed E-state index contributed by atoms with van der Waals surface area (Å²) in [4.78, 5) is 24.6. The quantitative estimate of drug-likeness (QED) is 0.788. The molecule has 0 aliphatic heterocycles. The molecule has 0 saturated carbocycles. The van der Waals surface area contributed by atoms with E-state index >= 15 is 0 Å². The van der Waals surface area contributed by atoms with Gasteiger partial charge in [-0.05, 0) is 37.3 Å². The summed E-state index contributed by atoms with van der Waals surface area (Å²) in [6.45, 7) is 1.88. The third kappa shape index (κ3) is 4.14. The third-order valence-electron chi connectivity index (χ3n) is 3.21. The van der Waals surface area contributed by atoms with Crippen LogP contribution in [0.4, 0.5) is 5.82 Å². The Balaban J connectivity index is 1.74. The molecule has 2 aromatic heterocycles. The van der Waals surface area contributed by atoms with Crippen molar-refractivity contribution in [2.75, 3.05) is 5.32 Å². The zero-order chi connectivity index (χ0) is 17.6. The number of ether oxygens (including phenoxy) is 1. The van der Waals surface area contributed by atoms with Gasteiger partial charge in [0.2, 0.25) is 5.88 Å². The molecule has 0 fully saturated rings. The lowest BCUT2D eigenvalue weighted by atomic mass is 10.1. The van der Waals surface area contributed by atoms with E-state index < -0.39 is 0 Å². The minimum absolute atomic E-state index is 0.231. The summed E-state index contributed by atoms with van der Waals surface area (Å²) in [6.07, 6.45) is 4.42. The van der Waals surface area contributed by atoms with Gasteiger partial charge >= 0.3 is 0 Å². The van der Waals surface area contributed by atoms with Gasteiger partial charge < -0.3 is 10.1 Å². The molecular formula is C18H13N5O2. The van der Waals surface area contributed by atoms with Crippen molar-refractivity contribution in [2.24, 2.45) is 0 Å². The van der Waals surface area contributed by atoms with Gasteiger partial charge in [-0.3, -0.25) is 14.8 Å². The van der Waals surface area contributed by atoms with Crippen molar-refractivity contribution in [1.29, 1.82) is 5.26 Å². The van der Waals surface area contributed by atoms with Crippen molar-refractivity contribution >= 4 is 11.7 Å². The van der Waals surface area contributed by atoms with Crippen LogP contribution in [-0.2, 0) is 0 Å². The van der Waals surface area contributed by atoms with E-state index in [2.05, 4.69) is 20.3 Å². The highest BCUT2D eigenvalue weighted by Gasteiger charge is 2.09. The van der Waals surface area contributed by atoms with Crippen LogP contribution in [0.15, 0.2) is 55.0 Å². The minimum Gasteiger partial charge on any atom is -0.436 e. The molecule has 0 radical (unpaired) electrons. The summed E-state index contributed by atoms with van der Waals surface area (Å²) >= 11 is 0. The van der Waals surface area contributed by atoms with Gasteiger partial charge in [-0.2, -0.15) is 10.2 Å². The Hall–Kier alpha value is -3.79. The molecule has 1 aromatic carbocycles. The second kappa shape index (κ2) is 7.19. The van der Waals surface area contributed by atoms with Crippen LogP contribution in [0.3, 0.4) is 0 Å². The van der Waals surface area contributed by atoms with Gasteiger partial charge in [0.25, 0.3) is 5.91 Å². The molecule has 0 aliphatic rings. The van der Waals surface area contributed by atoms with Crippen molar-refractivity contribution in [1.82, 2.24) is 15.0 Å². The predicted octanol–water partition coefficient (Wildman–Crippen LogP) is 3.10. The van der Waals surface area contributed by atoms with E-state index in [0.717, 1.165) is 5.69 Å². The summed E-state index contributed by atoms with van der Waals surface area (Å²) in [5.41, 5.74) is 1.64. The van der Waals surface area contributed by atoms with Crippen LogP contribution >= 0.6 is 0 Å². The number of nitriles is 1. The topological polar surface area (TPSA) is 101 Å². The fourth-order valence-electron chi connectivity index (χ4n) is 2.01. The number of nitrogens with zero attached hydrogens (tertiary/aromatic N) is 4. The fourth-order valence-corrected chi connectivity index (χ4v) is 2.01. The van der Waals surface area contributed by atoms with Crippen molar-refractivity contribution in [3.63, 3.8) is 0 Å². The van der Waals surface area contributed by atoms with Crippen LogP contribution in [0.5, 0.6) is 11.6 Å². The van der Waals surface area contributed by atoms with E-state index in [4.69, 9.17) is 10.00 Å². The van der Waals surface area contributed by atoms with Crippen molar-refractivity contribution in [2.45, 2.75) is 6.92 Å². The monoisotopic (exact) mass is 331 g/mol. The standard InChI is InChI=1S/C18H13N5O2/c1-12-5-6-15(9-21-12)25-17-11-20-10-16(22-17)23-18(24)14-4-2-3-13(7-14)8-19/h2-7,9-11H,1H3,(H,22,23,24). The molecule has 0 atom stereocenters. The SMILES string of the molecule is Cc1ccc(Oc2cncc(NC(=O)c3cccc(C#N)c3)n2)cn1. The average molecular weight is 331 g/mol. The van der Waals surface area contributed by atoms with Crippen molar-refractivity contribution in [3.8, 4) is 17.7 Å². The highest BCUT2D eigenvalue weighted by molar-refractivity contribution is 6.03. The van der Waals surface area contributed by atoms with Gasteiger partial charge in [0.15, 0.2) is 5.82 Å². The Bertz CT molecular complexity index is 948. The molecule has 3 aromatic rings. The van der Waals surface area contributed by atoms with Gasteiger partial charge in [-0.15, -0.1) is 0 Å². The zero-order valence-corrected chi connectivity index (χ0v) is 13.3. The molecule has 0 bridgehead atoms. The predicted molar refractivity (Wildman–Crippen MR) is 90.2 cm³/mol. The van der Waals surface area contributed by atoms with Crippen molar-refractivity contribution < 1.29 is 9.53 Å². The van der Waals surface area contributed by atoms with Gasteiger partial charge in [0.1, 0.15) is 5.75 Å². The normalized spacial score (nSPS) is 9.92. The molecule has 1 amide bonds. The number of amides is 1. The first-order valence-corrected chi connectivity index (χ1v) is 7.38. The molecular weight excluding hydrogens is 318 g/mol. The smallest absolute Gasteiger partial charge is 0.256 e. The van der Waals surface area contributed by atoms with Crippen LogP contribution in [0.25, 0.3) is 0 Å². The average Bonchev–Trinajstić information content (AvgIpc) is 2.64. The van der Waals surface area contributed by atoms with Crippen LogP contribution in [-0.4, -0.2) is 20.9 Å². The van der Waals surface area contributed by atoms with E-state index in [1.54, 1.807) is 30.5 Å². The number of carbonyl (C=O) groups is 1. The highest BCUT2D eigenvalue weighted by Crippen LogP contribution is 2.19. The number of rotatable bonds is 4. The summed E-state index contributed by atoms with van der Waals surface area (Å²) in [5, 5.41) is 11.5. The van der Waals surface area contributed by atoms with Crippen LogP contribution in [0.1, 0.15) is 21.6 Å². The maximum Gasteiger partial charge on any atom is 0.256 e. The molecule has 0 aliphatic carbocycles. The lowest BCUT2D eigenvalue weighted by molar-refractivity contribution is 0.102. The summed E-state index contributed by atoms with van der Waals surface area (Å²) in [5.74, 6) is 0.602. The number of nitrogens with one attached hydrogen (secondary N) is 1. The first-order valence-electron chi connectivity index (χ1n) is 7.38. The number of aryl methyl sites for hydroxylation is 1. The summed E-state index contributed by atoms with van der Waals surface area (Å²) < 4.78 is 5.57. The molecule has 2 heterocycles. The first-order chi connectivity index (χ1) is 12.1. The van der Waals surface area contributed by atoms with E-state index in [0.29, 0.717) is 16.9 Å². The maximum absolute atomic E-state index is 12.3. The third-order valence-corrected chi connectivity index (χ3v) is 3.21. The Morgan fingerprint density at radius 2 is 2.08 bits per heavy atom. The number of hydrogen-bond acceptors (Lipinski definition) is 6. The number of anilines is 1. The van der Waals surface area contributed by atoms with E-state index in [9.17, 15) is 4.79 Å². The number of aromatic nitrogens is 3. The fraction of sp³-hybridized carbons (Fsp3) is 0.0556. The van der Waals surface area contributed by atoms with Crippen LogP contribution in [0, 0.1) is 18.3 Å². The molecule has 1 N–H and O–H groups in total. The Kier molecular flexibility index (Phi) is 4.62. The second-order valence-electron chi connectivity index (χ2n) is 5.13. The van der Waals surface area contributed by atoms with E-state index in [1.807, 2.05) is 19.1 Å². The zero-order valence-electron chi connectivity index (χ0n) is 13.3. The Labute approximate surface area is 144 Å². The molecule has 0 unspecified atom stereocenters. The summed E-state index contributed by atoms with van der Waals surface area (Å²) in [7, 11) is 0. The number of pyridine rings is 1. The Morgan fingerprint density at radius 3 is 2.84 bits per heavy atom. The first kappa shape index (κ1) is 16.1. The maximum atomic E-state index is 12.3. The molecule has 25 heavy (non-hydrogen) atoms. The molecule has 0 saturated heterocycles. The van der Waals surface area contributed by atoms with Gasteiger partial charge in [-0.1, -0.05) is 6.07 Å². The van der Waals surface area contributed by atoms with E-state index in [-0.39, 0.29) is 17.6 Å². The molecule has 122 valence electrons. The number of carbonyl (C=O) groups excluding carboxylic acids is 1. The van der Waals surface area contributed by atoms with Crippen molar-refractivity contribution in [3.05, 3.63) is 71.8 Å². The van der Waals surface area contributed by atoms with Gasteiger partial charge in [0.05, 0.1) is 30.2 Å². The van der Waals surface area contributed by atoms with Crippen LogP contribution < -0.4 is 10.1 Å². The number of benzene rings is 1. The molecule has 7 nitrogen and oxygen atoms in total. The highest BCUT2D eigenvalue weighted by atomic mass is 16.5. The van der Waals surface area contributed by atoms with Crippen LogP contribution in [0.2, 0.25) is 0 Å². The minimum atomic E-state index is -0.388.